The van der Waals surface area contributed by atoms with Gasteiger partial charge in [0, 0.05) is 18.1 Å². The number of benzene rings is 2. The summed E-state index contributed by atoms with van der Waals surface area (Å²) in [6, 6.07) is 11.8. The molecule has 166 valence electrons. The van der Waals surface area contributed by atoms with Crippen molar-refractivity contribution in [2.45, 2.75) is 26.1 Å². The van der Waals surface area contributed by atoms with Crippen LogP contribution in [0.5, 0.6) is 0 Å². The van der Waals surface area contributed by atoms with Crippen LogP contribution in [0.3, 0.4) is 0 Å². The summed E-state index contributed by atoms with van der Waals surface area (Å²) in [4.78, 5) is 22.0. The molecule has 0 radical (unpaired) electrons. The van der Waals surface area contributed by atoms with Crippen LogP contribution in [0, 0.1) is 0 Å². The van der Waals surface area contributed by atoms with Crippen molar-refractivity contribution >= 4 is 28.7 Å². The molecule has 0 aliphatic carbocycles. The van der Waals surface area contributed by atoms with Gasteiger partial charge in [-0.3, -0.25) is 4.79 Å². The van der Waals surface area contributed by atoms with Crippen molar-refractivity contribution in [2.24, 2.45) is 0 Å². The average Bonchev–Trinajstić information content (AvgIpc) is 3.18. The molecule has 0 saturated carbocycles. The first-order chi connectivity index (χ1) is 15.3. The summed E-state index contributed by atoms with van der Waals surface area (Å²) in [5, 5.41) is 3.68. The maximum Gasteiger partial charge on any atom is 0.416 e. The molecule has 0 amide bonds. The van der Waals surface area contributed by atoms with Crippen LogP contribution in [0.15, 0.2) is 59.7 Å². The van der Waals surface area contributed by atoms with Gasteiger partial charge in [0.25, 0.3) is 5.56 Å². The lowest BCUT2D eigenvalue weighted by atomic mass is 10.1. The first-order valence-electron chi connectivity index (χ1n) is 9.91. The molecule has 10 heteroatoms. The molecule has 0 aliphatic heterocycles. The molecular formula is C22H19ClF3N5O. The van der Waals surface area contributed by atoms with Crippen LogP contribution in [0.4, 0.5) is 19.1 Å². The van der Waals surface area contributed by atoms with Crippen molar-refractivity contribution in [3.63, 3.8) is 0 Å². The van der Waals surface area contributed by atoms with Crippen LogP contribution >= 0.6 is 11.6 Å². The van der Waals surface area contributed by atoms with Gasteiger partial charge in [0.15, 0.2) is 11.2 Å². The summed E-state index contributed by atoms with van der Waals surface area (Å²) >= 11 is 5.98. The third-order valence-electron chi connectivity index (χ3n) is 5.04. The summed E-state index contributed by atoms with van der Waals surface area (Å²) in [5.41, 5.74) is 0.976. The monoisotopic (exact) mass is 461 g/mol. The lowest BCUT2D eigenvalue weighted by molar-refractivity contribution is -0.137. The number of hydrogen-bond donors (Lipinski definition) is 1. The van der Waals surface area contributed by atoms with Gasteiger partial charge in [-0.1, -0.05) is 23.7 Å². The number of hydrogen-bond acceptors (Lipinski definition) is 4. The SMILES string of the molecule is CCn1cnc2c(=O)n(-c3ccc(Cl)cc3)c(NCCc3ccc(C(F)(F)F)cc3)nc21. The summed E-state index contributed by atoms with van der Waals surface area (Å²) in [6.07, 6.45) is -2.36. The molecule has 2 heterocycles. The molecule has 0 fully saturated rings. The summed E-state index contributed by atoms with van der Waals surface area (Å²) < 4.78 is 41.5. The fraction of sp³-hybridized carbons (Fsp3) is 0.227. The molecule has 0 bridgehead atoms. The first kappa shape index (κ1) is 21.9. The average molecular weight is 462 g/mol. The highest BCUT2D eigenvalue weighted by Gasteiger charge is 2.29. The second-order valence-electron chi connectivity index (χ2n) is 7.13. The van der Waals surface area contributed by atoms with E-state index in [1.165, 1.54) is 16.7 Å². The van der Waals surface area contributed by atoms with Gasteiger partial charge in [-0.25, -0.2) is 9.55 Å². The number of anilines is 1. The molecule has 0 atom stereocenters. The van der Waals surface area contributed by atoms with E-state index in [4.69, 9.17) is 11.6 Å². The summed E-state index contributed by atoms with van der Waals surface area (Å²) in [5.74, 6) is 0.312. The van der Waals surface area contributed by atoms with E-state index in [1.807, 2.05) is 6.92 Å². The van der Waals surface area contributed by atoms with E-state index in [0.29, 0.717) is 41.8 Å². The van der Waals surface area contributed by atoms with E-state index in [2.05, 4.69) is 15.3 Å². The predicted octanol–water partition coefficient (Wildman–Crippen LogP) is 4.93. The van der Waals surface area contributed by atoms with Crippen molar-refractivity contribution in [3.05, 3.63) is 81.4 Å². The van der Waals surface area contributed by atoms with Gasteiger partial charge >= 0.3 is 6.18 Å². The summed E-state index contributed by atoms with van der Waals surface area (Å²) in [6.45, 7) is 2.88. The maximum atomic E-state index is 13.2. The van der Waals surface area contributed by atoms with Gasteiger partial charge in [-0.05, 0) is 55.3 Å². The zero-order chi connectivity index (χ0) is 22.9. The summed E-state index contributed by atoms with van der Waals surface area (Å²) in [7, 11) is 0. The third-order valence-corrected chi connectivity index (χ3v) is 5.29. The molecule has 0 spiro atoms. The number of nitrogens with zero attached hydrogens (tertiary/aromatic N) is 4. The van der Waals surface area contributed by atoms with Crippen molar-refractivity contribution in [1.82, 2.24) is 19.1 Å². The van der Waals surface area contributed by atoms with E-state index in [1.54, 1.807) is 35.2 Å². The fourth-order valence-electron chi connectivity index (χ4n) is 3.36. The van der Waals surface area contributed by atoms with E-state index in [-0.39, 0.29) is 11.1 Å². The number of imidazole rings is 1. The maximum absolute atomic E-state index is 13.2. The van der Waals surface area contributed by atoms with Crippen LogP contribution in [0.2, 0.25) is 5.02 Å². The van der Waals surface area contributed by atoms with E-state index < -0.39 is 11.7 Å². The highest BCUT2D eigenvalue weighted by molar-refractivity contribution is 6.30. The minimum Gasteiger partial charge on any atom is -0.355 e. The van der Waals surface area contributed by atoms with Crippen molar-refractivity contribution in [1.29, 1.82) is 0 Å². The first-order valence-corrected chi connectivity index (χ1v) is 10.3. The topological polar surface area (TPSA) is 64.7 Å². The van der Waals surface area contributed by atoms with E-state index in [0.717, 1.165) is 17.7 Å². The molecular weight excluding hydrogens is 443 g/mol. The van der Waals surface area contributed by atoms with Gasteiger partial charge < -0.3 is 9.88 Å². The largest absolute Gasteiger partial charge is 0.416 e. The second kappa shape index (κ2) is 8.66. The Kier molecular flexibility index (Phi) is 5.92. The normalized spacial score (nSPS) is 11.8. The molecule has 2 aromatic heterocycles. The molecule has 4 rings (SSSR count). The smallest absolute Gasteiger partial charge is 0.355 e. The Balaban J connectivity index is 1.65. The van der Waals surface area contributed by atoms with Gasteiger partial charge in [-0.2, -0.15) is 18.2 Å². The zero-order valence-corrected chi connectivity index (χ0v) is 17.8. The molecule has 0 aliphatic rings. The fourth-order valence-corrected chi connectivity index (χ4v) is 3.48. The number of aromatic nitrogens is 4. The Hall–Kier alpha value is -3.33. The Morgan fingerprint density at radius 3 is 2.38 bits per heavy atom. The number of fused-ring (bicyclic) bond motifs is 1. The van der Waals surface area contributed by atoms with Crippen molar-refractivity contribution < 1.29 is 13.2 Å². The Morgan fingerprint density at radius 1 is 1.06 bits per heavy atom. The van der Waals surface area contributed by atoms with Gasteiger partial charge in [0.05, 0.1) is 17.6 Å². The van der Waals surface area contributed by atoms with Gasteiger partial charge in [0.2, 0.25) is 5.95 Å². The number of aryl methyl sites for hydroxylation is 1. The lowest BCUT2D eigenvalue weighted by Gasteiger charge is -2.14. The highest BCUT2D eigenvalue weighted by Crippen LogP contribution is 2.29. The van der Waals surface area contributed by atoms with Gasteiger partial charge in [-0.15, -0.1) is 0 Å². The Labute approximate surface area is 186 Å². The van der Waals surface area contributed by atoms with Crippen LogP contribution in [0.25, 0.3) is 16.9 Å². The predicted molar refractivity (Wildman–Crippen MR) is 117 cm³/mol. The molecule has 1 N–H and O–H groups in total. The molecule has 0 saturated heterocycles. The van der Waals surface area contributed by atoms with Crippen LogP contribution in [-0.4, -0.2) is 25.6 Å². The third kappa shape index (κ3) is 4.34. The second-order valence-corrected chi connectivity index (χ2v) is 7.56. The number of alkyl halides is 3. The Bertz CT molecular complexity index is 1290. The minimum absolute atomic E-state index is 0.245. The van der Waals surface area contributed by atoms with Crippen LogP contribution < -0.4 is 10.9 Å². The van der Waals surface area contributed by atoms with Gasteiger partial charge in [0.1, 0.15) is 0 Å². The molecule has 2 aromatic carbocycles. The molecule has 6 nitrogen and oxygen atoms in total. The van der Waals surface area contributed by atoms with E-state index in [9.17, 15) is 18.0 Å². The van der Waals surface area contributed by atoms with E-state index >= 15 is 0 Å². The lowest BCUT2D eigenvalue weighted by Crippen LogP contribution is -2.25. The molecule has 0 unspecified atom stereocenters. The molecule has 4 aromatic rings. The number of nitrogens with one attached hydrogen (secondary N) is 1. The molecule has 32 heavy (non-hydrogen) atoms. The van der Waals surface area contributed by atoms with Crippen LogP contribution in [0.1, 0.15) is 18.1 Å². The van der Waals surface area contributed by atoms with Crippen LogP contribution in [-0.2, 0) is 19.1 Å². The number of halogens is 4. The highest BCUT2D eigenvalue weighted by atomic mass is 35.5. The standard InChI is InChI=1S/C22H19ClF3N5O/c1-2-30-13-28-18-19(30)29-21(31(20(18)32)17-9-7-16(23)8-10-17)27-12-11-14-3-5-15(6-4-14)22(24,25)26/h3-10,13H,2,11-12H2,1H3,(H,27,29). The quantitative estimate of drug-likeness (QED) is 0.442. The van der Waals surface area contributed by atoms with Crippen molar-refractivity contribution in [3.8, 4) is 5.69 Å². The zero-order valence-electron chi connectivity index (χ0n) is 17.0. The van der Waals surface area contributed by atoms with Crippen molar-refractivity contribution in [2.75, 3.05) is 11.9 Å². The Morgan fingerprint density at radius 2 is 1.75 bits per heavy atom. The number of rotatable bonds is 6. The minimum atomic E-state index is -4.37.